The van der Waals surface area contributed by atoms with E-state index in [2.05, 4.69) is 15.4 Å². The van der Waals surface area contributed by atoms with Gasteiger partial charge in [0.15, 0.2) is 5.65 Å². The van der Waals surface area contributed by atoms with Gasteiger partial charge in [-0.2, -0.15) is 5.10 Å². The third-order valence-corrected chi connectivity index (χ3v) is 5.18. The molecular formula is C23H22FN5O3. The van der Waals surface area contributed by atoms with Crippen molar-refractivity contribution < 1.29 is 13.9 Å². The number of halogens is 1. The van der Waals surface area contributed by atoms with Gasteiger partial charge < -0.3 is 10.1 Å². The van der Waals surface area contributed by atoms with Crippen molar-refractivity contribution in [2.75, 3.05) is 7.11 Å². The summed E-state index contributed by atoms with van der Waals surface area (Å²) in [6.45, 7) is 2.22. The minimum Gasteiger partial charge on any atom is -0.496 e. The molecule has 9 heteroatoms. The van der Waals surface area contributed by atoms with Gasteiger partial charge in [-0.25, -0.2) is 14.1 Å². The summed E-state index contributed by atoms with van der Waals surface area (Å²) in [7, 11) is 1.58. The molecule has 2 aromatic carbocycles. The SMILES string of the molecule is COc1ccccc1CNC(=O)CCn1c(C)nc2c(cnn2-c2ccc(F)cc2)c1=O. The van der Waals surface area contributed by atoms with Gasteiger partial charge in [0.2, 0.25) is 5.91 Å². The van der Waals surface area contributed by atoms with Crippen molar-refractivity contribution >= 4 is 16.9 Å². The number of para-hydroxylation sites is 1. The van der Waals surface area contributed by atoms with Crippen LogP contribution in [-0.4, -0.2) is 32.3 Å². The topological polar surface area (TPSA) is 91.0 Å². The van der Waals surface area contributed by atoms with Crippen LogP contribution in [0.2, 0.25) is 0 Å². The summed E-state index contributed by atoms with van der Waals surface area (Å²) in [4.78, 5) is 29.9. The summed E-state index contributed by atoms with van der Waals surface area (Å²) in [5, 5.41) is 7.42. The van der Waals surface area contributed by atoms with Gasteiger partial charge >= 0.3 is 0 Å². The fraction of sp³-hybridized carbons (Fsp3) is 0.217. The summed E-state index contributed by atoms with van der Waals surface area (Å²) in [6, 6.07) is 13.2. The van der Waals surface area contributed by atoms with E-state index in [1.54, 1.807) is 26.2 Å². The molecule has 1 N–H and O–H groups in total. The molecule has 0 saturated heterocycles. The molecule has 8 nitrogen and oxygen atoms in total. The molecule has 0 unspecified atom stereocenters. The number of nitrogens with one attached hydrogen (secondary N) is 1. The molecule has 0 aliphatic carbocycles. The van der Waals surface area contributed by atoms with Crippen LogP contribution in [0.5, 0.6) is 5.75 Å². The van der Waals surface area contributed by atoms with Crippen LogP contribution in [0.4, 0.5) is 4.39 Å². The maximum Gasteiger partial charge on any atom is 0.264 e. The number of ether oxygens (including phenoxy) is 1. The normalized spacial score (nSPS) is 11.0. The highest BCUT2D eigenvalue weighted by atomic mass is 19.1. The Morgan fingerprint density at radius 3 is 2.66 bits per heavy atom. The standard InChI is InChI=1S/C23H22FN5O3/c1-15-27-22-19(14-26-29(22)18-9-7-17(24)8-10-18)23(31)28(15)12-11-21(30)25-13-16-5-3-4-6-20(16)32-2/h3-10,14H,11-13H2,1-2H3,(H,25,30). The van der Waals surface area contributed by atoms with Gasteiger partial charge in [0, 0.05) is 25.1 Å². The zero-order chi connectivity index (χ0) is 22.7. The average Bonchev–Trinajstić information content (AvgIpc) is 3.22. The molecule has 0 fully saturated rings. The Hall–Kier alpha value is -4.01. The van der Waals surface area contributed by atoms with Crippen LogP contribution >= 0.6 is 0 Å². The molecule has 164 valence electrons. The molecule has 4 rings (SSSR count). The number of rotatable bonds is 7. The van der Waals surface area contributed by atoms with Crippen LogP contribution in [0.1, 0.15) is 17.8 Å². The summed E-state index contributed by atoms with van der Waals surface area (Å²) in [5.74, 6) is 0.613. The summed E-state index contributed by atoms with van der Waals surface area (Å²) >= 11 is 0. The number of nitrogens with zero attached hydrogens (tertiary/aromatic N) is 4. The highest BCUT2D eigenvalue weighted by molar-refractivity contribution is 5.77. The third kappa shape index (κ3) is 4.22. The van der Waals surface area contributed by atoms with Gasteiger partial charge in [-0.05, 0) is 37.3 Å². The number of aromatic nitrogens is 4. The van der Waals surface area contributed by atoms with Gasteiger partial charge in [-0.3, -0.25) is 14.2 Å². The molecular weight excluding hydrogens is 413 g/mol. The van der Waals surface area contributed by atoms with Gasteiger partial charge in [-0.1, -0.05) is 18.2 Å². The van der Waals surface area contributed by atoms with Crippen molar-refractivity contribution in [3.8, 4) is 11.4 Å². The predicted molar refractivity (Wildman–Crippen MR) is 117 cm³/mol. The maximum absolute atomic E-state index is 13.2. The van der Waals surface area contributed by atoms with Crippen molar-refractivity contribution in [1.29, 1.82) is 0 Å². The van der Waals surface area contributed by atoms with E-state index in [1.165, 1.54) is 27.6 Å². The lowest BCUT2D eigenvalue weighted by atomic mass is 10.2. The number of benzene rings is 2. The Labute approximate surface area is 183 Å². The predicted octanol–water partition coefficient (Wildman–Crippen LogP) is 2.74. The molecule has 4 aromatic rings. The van der Waals surface area contributed by atoms with E-state index in [0.29, 0.717) is 34.8 Å². The van der Waals surface area contributed by atoms with Crippen LogP contribution < -0.4 is 15.6 Å². The van der Waals surface area contributed by atoms with E-state index in [0.717, 1.165) is 5.56 Å². The summed E-state index contributed by atoms with van der Waals surface area (Å²) in [5.41, 5.74) is 1.57. The van der Waals surface area contributed by atoms with Crippen LogP contribution in [-0.2, 0) is 17.9 Å². The Morgan fingerprint density at radius 2 is 1.91 bits per heavy atom. The second kappa shape index (κ2) is 9.01. The average molecular weight is 435 g/mol. The van der Waals surface area contributed by atoms with E-state index in [-0.39, 0.29) is 30.2 Å². The number of carbonyl (C=O) groups is 1. The Morgan fingerprint density at radius 1 is 1.16 bits per heavy atom. The van der Waals surface area contributed by atoms with Crippen LogP contribution in [0.3, 0.4) is 0 Å². The molecule has 0 spiro atoms. The smallest absolute Gasteiger partial charge is 0.264 e. The van der Waals surface area contributed by atoms with Crippen LogP contribution in [0, 0.1) is 12.7 Å². The van der Waals surface area contributed by atoms with E-state index in [4.69, 9.17) is 4.74 Å². The Bertz CT molecular complexity index is 1330. The lowest BCUT2D eigenvalue weighted by Crippen LogP contribution is -2.29. The third-order valence-electron chi connectivity index (χ3n) is 5.18. The number of hydrogen-bond acceptors (Lipinski definition) is 5. The van der Waals surface area contributed by atoms with Crippen molar-refractivity contribution in [3.05, 3.63) is 82.3 Å². The largest absolute Gasteiger partial charge is 0.496 e. The van der Waals surface area contributed by atoms with E-state index in [9.17, 15) is 14.0 Å². The van der Waals surface area contributed by atoms with E-state index >= 15 is 0 Å². The minimum absolute atomic E-state index is 0.120. The van der Waals surface area contributed by atoms with Crippen molar-refractivity contribution in [2.24, 2.45) is 0 Å². The number of hydrogen-bond donors (Lipinski definition) is 1. The molecule has 2 aromatic heterocycles. The highest BCUT2D eigenvalue weighted by Gasteiger charge is 2.15. The molecule has 0 aliphatic heterocycles. The molecule has 0 aliphatic rings. The monoisotopic (exact) mass is 435 g/mol. The summed E-state index contributed by atoms with van der Waals surface area (Å²) < 4.78 is 21.5. The number of methoxy groups -OCH3 is 1. The van der Waals surface area contributed by atoms with Gasteiger partial charge in [0.25, 0.3) is 5.56 Å². The van der Waals surface area contributed by atoms with Gasteiger partial charge in [0.1, 0.15) is 22.8 Å². The lowest BCUT2D eigenvalue weighted by Gasteiger charge is -2.12. The molecule has 1 amide bonds. The lowest BCUT2D eigenvalue weighted by molar-refractivity contribution is -0.121. The maximum atomic E-state index is 13.2. The second-order valence-corrected chi connectivity index (χ2v) is 7.22. The van der Waals surface area contributed by atoms with Crippen LogP contribution in [0.25, 0.3) is 16.7 Å². The second-order valence-electron chi connectivity index (χ2n) is 7.22. The molecule has 0 bridgehead atoms. The number of aryl methyl sites for hydroxylation is 1. The first-order valence-corrected chi connectivity index (χ1v) is 10.1. The van der Waals surface area contributed by atoms with Crippen molar-refractivity contribution in [2.45, 2.75) is 26.4 Å². The molecule has 0 saturated carbocycles. The van der Waals surface area contributed by atoms with Crippen molar-refractivity contribution in [1.82, 2.24) is 24.6 Å². The Balaban J connectivity index is 1.49. The zero-order valence-corrected chi connectivity index (χ0v) is 17.7. The molecule has 0 radical (unpaired) electrons. The minimum atomic E-state index is -0.360. The number of carbonyl (C=O) groups excluding carboxylic acids is 1. The van der Waals surface area contributed by atoms with Crippen molar-refractivity contribution in [3.63, 3.8) is 0 Å². The first-order chi connectivity index (χ1) is 15.5. The van der Waals surface area contributed by atoms with Crippen LogP contribution in [0.15, 0.2) is 59.5 Å². The summed E-state index contributed by atoms with van der Waals surface area (Å²) in [6.07, 6.45) is 1.56. The molecule has 0 atom stereocenters. The fourth-order valence-electron chi connectivity index (χ4n) is 3.49. The van der Waals surface area contributed by atoms with E-state index in [1.807, 2.05) is 24.3 Å². The van der Waals surface area contributed by atoms with Gasteiger partial charge in [0.05, 0.1) is 19.0 Å². The molecule has 32 heavy (non-hydrogen) atoms. The first-order valence-electron chi connectivity index (χ1n) is 10.1. The zero-order valence-electron chi connectivity index (χ0n) is 17.7. The molecule has 2 heterocycles. The first kappa shape index (κ1) is 21.2. The number of amides is 1. The Kier molecular flexibility index (Phi) is 5.98. The number of fused-ring (bicyclic) bond motifs is 1. The quantitative estimate of drug-likeness (QED) is 0.482. The fourth-order valence-corrected chi connectivity index (χ4v) is 3.49. The van der Waals surface area contributed by atoms with E-state index < -0.39 is 0 Å². The van der Waals surface area contributed by atoms with Gasteiger partial charge in [-0.15, -0.1) is 0 Å². The highest BCUT2D eigenvalue weighted by Crippen LogP contribution is 2.17.